The minimum absolute atomic E-state index is 0.0948. The number of aryl methyl sites for hydroxylation is 1. The van der Waals surface area contributed by atoms with Crippen molar-refractivity contribution >= 4 is 5.91 Å². The minimum atomic E-state index is -0.728. The summed E-state index contributed by atoms with van der Waals surface area (Å²) in [7, 11) is 0. The molecule has 4 rings (SSSR count). The van der Waals surface area contributed by atoms with Crippen molar-refractivity contribution < 1.29 is 18.1 Å². The van der Waals surface area contributed by atoms with Gasteiger partial charge in [0.2, 0.25) is 0 Å². The molecular weight excluding hydrogens is 394 g/mol. The molecule has 10 heteroatoms. The van der Waals surface area contributed by atoms with Crippen molar-refractivity contribution in [3.63, 3.8) is 0 Å². The molecule has 0 atom stereocenters. The van der Waals surface area contributed by atoms with E-state index >= 15 is 0 Å². The summed E-state index contributed by atoms with van der Waals surface area (Å²) in [6.45, 7) is 1.83. The molecule has 0 aliphatic carbocycles. The Labute approximate surface area is 169 Å². The highest BCUT2D eigenvalue weighted by Crippen LogP contribution is 2.19. The second kappa shape index (κ2) is 8.19. The van der Waals surface area contributed by atoms with Crippen LogP contribution in [0.1, 0.15) is 28.8 Å². The van der Waals surface area contributed by atoms with Crippen LogP contribution in [0.25, 0.3) is 17.3 Å². The number of rotatable bonds is 6. The van der Waals surface area contributed by atoms with Gasteiger partial charge in [0, 0.05) is 42.6 Å². The van der Waals surface area contributed by atoms with Gasteiger partial charge in [0.1, 0.15) is 29.5 Å². The maximum Gasteiger partial charge on any atom is 0.271 e. The standard InChI is InChI=1S/C20H16F2N6O2/c1-2-17-26-20(30-27-17)12-5-6-23-18(7-12)28-10-16(25-11-28)19(29)24-9-13-3-4-14(21)8-15(13)22/h3-8,10-11H,2,9H2,1H3,(H,24,29). The van der Waals surface area contributed by atoms with E-state index < -0.39 is 17.5 Å². The number of hydrogen-bond donors (Lipinski definition) is 1. The monoisotopic (exact) mass is 410 g/mol. The van der Waals surface area contributed by atoms with E-state index in [1.807, 2.05) is 6.92 Å². The first-order valence-corrected chi connectivity index (χ1v) is 9.09. The summed E-state index contributed by atoms with van der Waals surface area (Å²) >= 11 is 0. The fourth-order valence-corrected chi connectivity index (χ4v) is 2.70. The van der Waals surface area contributed by atoms with Gasteiger partial charge < -0.3 is 9.84 Å². The average Bonchev–Trinajstić information content (AvgIpc) is 3.43. The molecule has 0 unspecified atom stereocenters. The third-order valence-corrected chi connectivity index (χ3v) is 4.31. The highest BCUT2D eigenvalue weighted by molar-refractivity contribution is 5.92. The first-order valence-electron chi connectivity index (χ1n) is 9.09. The molecule has 8 nitrogen and oxygen atoms in total. The molecule has 4 aromatic rings. The van der Waals surface area contributed by atoms with E-state index in [9.17, 15) is 13.6 Å². The van der Waals surface area contributed by atoms with Gasteiger partial charge in [-0.25, -0.2) is 18.7 Å². The highest BCUT2D eigenvalue weighted by Gasteiger charge is 2.13. The van der Waals surface area contributed by atoms with Crippen molar-refractivity contribution in [3.8, 4) is 17.3 Å². The van der Waals surface area contributed by atoms with E-state index in [1.165, 1.54) is 18.6 Å². The summed E-state index contributed by atoms with van der Waals surface area (Å²) in [4.78, 5) is 24.9. The Balaban J connectivity index is 1.48. The zero-order chi connectivity index (χ0) is 21.1. The molecule has 1 N–H and O–H groups in total. The number of pyridine rings is 1. The van der Waals surface area contributed by atoms with Gasteiger partial charge in [-0.05, 0) is 18.2 Å². The second-order valence-corrected chi connectivity index (χ2v) is 6.36. The Bertz CT molecular complexity index is 1200. The normalized spacial score (nSPS) is 10.9. The number of halogens is 2. The van der Waals surface area contributed by atoms with Crippen LogP contribution in [0.15, 0.2) is 53.6 Å². The van der Waals surface area contributed by atoms with E-state index in [0.29, 0.717) is 29.5 Å². The van der Waals surface area contributed by atoms with Gasteiger partial charge in [-0.15, -0.1) is 0 Å². The number of hydrogen-bond acceptors (Lipinski definition) is 6. The minimum Gasteiger partial charge on any atom is -0.346 e. The van der Waals surface area contributed by atoms with Gasteiger partial charge in [-0.1, -0.05) is 18.1 Å². The van der Waals surface area contributed by atoms with E-state index in [2.05, 4.69) is 25.4 Å². The van der Waals surface area contributed by atoms with Crippen molar-refractivity contribution in [1.82, 2.24) is 30.0 Å². The SMILES string of the molecule is CCc1noc(-c2ccnc(-n3cnc(C(=O)NCc4ccc(F)cc4F)c3)c2)n1. The second-order valence-electron chi connectivity index (χ2n) is 6.36. The van der Waals surface area contributed by atoms with E-state index in [0.717, 1.165) is 12.1 Å². The molecule has 0 aliphatic heterocycles. The summed E-state index contributed by atoms with van der Waals surface area (Å²) in [6, 6.07) is 6.63. The van der Waals surface area contributed by atoms with Gasteiger partial charge in [0.15, 0.2) is 5.82 Å². The predicted octanol–water partition coefficient (Wildman–Crippen LogP) is 3.09. The topological polar surface area (TPSA) is 98.7 Å². The van der Waals surface area contributed by atoms with Gasteiger partial charge >= 0.3 is 0 Å². The zero-order valence-electron chi connectivity index (χ0n) is 15.8. The molecular formula is C20H16F2N6O2. The van der Waals surface area contributed by atoms with Crippen molar-refractivity contribution in [3.05, 3.63) is 77.8 Å². The third-order valence-electron chi connectivity index (χ3n) is 4.31. The molecule has 152 valence electrons. The van der Waals surface area contributed by atoms with E-state index in [-0.39, 0.29) is 17.8 Å². The van der Waals surface area contributed by atoms with E-state index in [1.54, 1.807) is 22.9 Å². The number of nitrogens with one attached hydrogen (secondary N) is 1. The van der Waals surface area contributed by atoms with Gasteiger partial charge in [-0.2, -0.15) is 4.98 Å². The Morgan fingerprint density at radius 1 is 1.20 bits per heavy atom. The number of imidazole rings is 1. The number of amides is 1. The summed E-state index contributed by atoms with van der Waals surface area (Å²) in [5, 5.41) is 6.43. The lowest BCUT2D eigenvalue weighted by atomic mass is 10.2. The molecule has 0 aliphatic rings. The molecule has 3 heterocycles. The fraction of sp³-hybridized carbons (Fsp3) is 0.150. The maximum atomic E-state index is 13.7. The summed E-state index contributed by atoms with van der Waals surface area (Å²) < 4.78 is 33.5. The largest absolute Gasteiger partial charge is 0.346 e. The number of aromatic nitrogens is 5. The average molecular weight is 410 g/mol. The quantitative estimate of drug-likeness (QED) is 0.525. The Hall–Kier alpha value is -3.95. The number of carbonyl (C=O) groups excluding carboxylic acids is 1. The van der Waals surface area contributed by atoms with Crippen LogP contribution in [0, 0.1) is 11.6 Å². The van der Waals surface area contributed by atoms with Crippen molar-refractivity contribution in [2.75, 3.05) is 0 Å². The number of carbonyl (C=O) groups is 1. The Kier molecular flexibility index (Phi) is 5.29. The number of nitrogens with zero attached hydrogens (tertiary/aromatic N) is 5. The van der Waals surface area contributed by atoms with Crippen molar-refractivity contribution in [1.29, 1.82) is 0 Å². The highest BCUT2D eigenvalue weighted by atomic mass is 19.1. The van der Waals surface area contributed by atoms with Crippen LogP contribution >= 0.6 is 0 Å². The maximum absolute atomic E-state index is 13.7. The van der Waals surface area contributed by atoms with Crippen LogP contribution in [0.3, 0.4) is 0 Å². The van der Waals surface area contributed by atoms with Gasteiger partial charge in [0.05, 0.1) is 0 Å². The lowest BCUT2D eigenvalue weighted by molar-refractivity contribution is 0.0946. The van der Waals surface area contributed by atoms with E-state index in [4.69, 9.17) is 4.52 Å². The molecule has 0 spiro atoms. The molecule has 0 radical (unpaired) electrons. The lowest BCUT2D eigenvalue weighted by Crippen LogP contribution is -2.23. The zero-order valence-corrected chi connectivity index (χ0v) is 15.8. The summed E-state index contributed by atoms with van der Waals surface area (Å²) in [5.41, 5.74) is 0.971. The molecule has 0 saturated heterocycles. The van der Waals surface area contributed by atoms with Crippen LogP contribution in [-0.2, 0) is 13.0 Å². The smallest absolute Gasteiger partial charge is 0.271 e. The summed E-state index contributed by atoms with van der Waals surface area (Å²) in [6.07, 6.45) is 5.17. The molecule has 0 fully saturated rings. The summed E-state index contributed by atoms with van der Waals surface area (Å²) in [5.74, 6) is -0.438. The fourth-order valence-electron chi connectivity index (χ4n) is 2.70. The van der Waals surface area contributed by atoms with Crippen LogP contribution in [0.4, 0.5) is 8.78 Å². The first kappa shape index (κ1) is 19.4. The van der Waals surface area contributed by atoms with Crippen molar-refractivity contribution in [2.24, 2.45) is 0 Å². The molecule has 0 saturated carbocycles. The predicted molar refractivity (Wildman–Crippen MR) is 102 cm³/mol. The molecule has 0 bridgehead atoms. The van der Waals surface area contributed by atoms with Crippen LogP contribution < -0.4 is 5.32 Å². The van der Waals surface area contributed by atoms with Gasteiger partial charge in [0.25, 0.3) is 11.8 Å². The Morgan fingerprint density at radius 2 is 2.07 bits per heavy atom. The molecule has 1 amide bonds. The lowest BCUT2D eigenvalue weighted by Gasteiger charge is -2.05. The van der Waals surface area contributed by atoms with Crippen LogP contribution in [0.5, 0.6) is 0 Å². The molecule has 30 heavy (non-hydrogen) atoms. The van der Waals surface area contributed by atoms with Crippen LogP contribution in [-0.4, -0.2) is 30.6 Å². The molecule has 3 aromatic heterocycles. The molecule has 1 aromatic carbocycles. The van der Waals surface area contributed by atoms with Crippen LogP contribution in [0.2, 0.25) is 0 Å². The Morgan fingerprint density at radius 3 is 2.83 bits per heavy atom. The third kappa shape index (κ3) is 4.07. The van der Waals surface area contributed by atoms with Gasteiger partial charge in [-0.3, -0.25) is 9.36 Å². The number of benzene rings is 1. The first-order chi connectivity index (χ1) is 14.5. The van der Waals surface area contributed by atoms with Crippen molar-refractivity contribution in [2.45, 2.75) is 19.9 Å².